The van der Waals surface area contributed by atoms with Crippen LogP contribution in [-0.4, -0.2) is 16.4 Å². The molecule has 0 spiro atoms. The van der Waals surface area contributed by atoms with Gasteiger partial charge >= 0.3 is 0 Å². The second kappa shape index (κ2) is 6.57. The Bertz CT molecular complexity index is 675. The molecule has 4 nitrogen and oxygen atoms in total. The Balaban J connectivity index is 1.97. The molecule has 1 aromatic carbocycles. The SMILES string of the molecule is Cc1cnn(CCOc2ccc(C(C)C)c(C)c2)c(=O)c1. The number of aromatic nitrogens is 2. The van der Waals surface area contributed by atoms with E-state index in [-0.39, 0.29) is 5.56 Å². The predicted molar refractivity (Wildman–Crippen MR) is 84.0 cm³/mol. The van der Waals surface area contributed by atoms with Gasteiger partial charge in [-0.15, -0.1) is 0 Å². The topological polar surface area (TPSA) is 44.1 Å². The molecule has 0 fully saturated rings. The molecular formula is C17H22N2O2. The molecule has 21 heavy (non-hydrogen) atoms. The molecule has 0 radical (unpaired) electrons. The van der Waals surface area contributed by atoms with E-state index in [4.69, 9.17) is 4.74 Å². The minimum absolute atomic E-state index is 0.0927. The molecular weight excluding hydrogens is 264 g/mol. The van der Waals surface area contributed by atoms with Gasteiger partial charge in [-0.1, -0.05) is 19.9 Å². The van der Waals surface area contributed by atoms with E-state index < -0.39 is 0 Å². The van der Waals surface area contributed by atoms with Crippen LogP contribution in [0.25, 0.3) is 0 Å². The lowest BCUT2D eigenvalue weighted by atomic mass is 9.98. The van der Waals surface area contributed by atoms with Crippen LogP contribution in [0.15, 0.2) is 35.3 Å². The molecule has 0 amide bonds. The molecule has 0 saturated carbocycles. The summed E-state index contributed by atoms with van der Waals surface area (Å²) in [4.78, 5) is 11.7. The van der Waals surface area contributed by atoms with Crippen LogP contribution in [0.2, 0.25) is 0 Å². The minimum atomic E-state index is -0.0927. The molecule has 0 aliphatic rings. The maximum absolute atomic E-state index is 11.7. The molecule has 112 valence electrons. The average Bonchev–Trinajstić information content (AvgIpc) is 2.41. The summed E-state index contributed by atoms with van der Waals surface area (Å²) in [5, 5.41) is 4.09. The molecule has 2 aromatic rings. The summed E-state index contributed by atoms with van der Waals surface area (Å²) in [5.74, 6) is 1.34. The third-order valence-corrected chi connectivity index (χ3v) is 3.44. The van der Waals surface area contributed by atoms with Crippen molar-refractivity contribution in [3.05, 3.63) is 57.5 Å². The van der Waals surface area contributed by atoms with E-state index in [1.165, 1.54) is 15.8 Å². The normalized spacial score (nSPS) is 10.9. The lowest BCUT2D eigenvalue weighted by Gasteiger charge is -2.12. The summed E-state index contributed by atoms with van der Waals surface area (Å²) in [6, 6.07) is 7.70. The van der Waals surface area contributed by atoms with Crippen molar-refractivity contribution in [3.8, 4) is 5.75 Å². The highest BCUT2D eigenvalue weighted by atomic mass is 16.5. The van der Waals surface area contributed by atoms with Gasteiger partial charge in [0, 0.05) is 6.07 Å². The molecule has 1 aromatic heterocycles. The predicted octanol–water partition coefficient (Wildman–Crippen LogP) is 3.06. The molecule has 0 aliphatic carbocycles. The first kappa shape index (κ1) is 15.3. The number of nitrogens with zero attached hydrogens (tertiary/aromatic N) is 2. The molecule has 0 unspecified atom stereocenters. The van der Waals surface area contributed by atoms with Gasteiger partial charge in [0.25, 0.3) is 5.56 Å². The third kappa shape index (κ3) is 3.94. The van der Waals surface area contributed by atoms with E-state index >= 15 is 0 Å². The maximum atomic E-state index is 11.7. The average molecular weight is 286 g/mol. The zero-order valence-corrected chi connectivity index (χ0v) is 13.1. The summed E-state index contributed by atoms with van der Waals surface area (Å²) in [7, 11) is 0. The fourth-order valence-electron chi connectivity index (χ4n) is 2.33. The van der Waals surface area contributed by atoms with E-state index in [1.807, 2.05) is 19.1 Å². The number of benzene rings is 1. The first-order valence-corrected chi connectivity index (χ1v) is 7.24. The van der Waals surface area contributed by atoms with Gasteiger partial charge in [0.15, 0.2) is 0 Å². The molecule has 2 rings (SSSR count). The van der Waals surface area contributed by atoms with Crippen LogP contribution in [0.5, 0.6) is 5.75 Å². The van der Waals surface area contributed by atoms with Crippen LogP contribution in [0.1, 0.15) is 36.5 Å². The monoisotopic (exact) mass is 286 g/mol. The summed E-state index contributed by atoms with van der Waals surface area (Å²) in [6.07, 6.45) is 1.68. The largest absolute Gasteiger partial charge is 0.492 e. The van der Waals surface area contributed by atoms with Crippen LogP contribution >= 0.6 is 0 Å². The van der Waals surface area contributed by atoms with Gasteiger partial charge < -0.3 is 4.74 Å². The van der Waals surface area contributed by atoms with Crippen molar-refractivity contribution >= 4 is 0 Å². The minimum Gasteiger partial charge on any atom is -0.492 e. The lowest BCUT2D eigenvalue weighted by Crippen LogP contribution is -2.25. The number of hydrogen-bond acceptors (Lipinski definition) is 3. The van der Waals surface area contributed by atoms with Crippen LogP contribution in [0, 0.1) is 13.8 Å². The number of hydrogen-bond donors (Lipinski definition) is 0. The van der Waals surface area contributed by atoms with Gasteiger partial charge in [-0.3, -0.25) is 4.79 Å². The standard InChI is InChI=1S/C17H22N2O2/c1-12(2)16-6-5-15(10-14(16)4)21-8-7-19-17(20)9-13(3)11-18-19/h5-6,9-12H,7-8H2,1-4H3. The highest BCUT2D eigenvalue weighted by Gasteiger charge is 2.05. The van der Waals surface area contributed by atoms with Gasteiger partial charge in [0.2, 0.25) is 0 Å². The Morgan fingerprint density at radius 2 is 2.00 bits per heavy atom. The van der Waals surface area contributed by atoms with Gasteiger partial charge in [0.05, 0.1) is 12.7 Å². The van der Waals surface area contributed by atoms with Crippen molar-refractivity contribution < 1.29 is 4.74 Å². The van der Waals surface area contributed by atoms with E-state index in [0.717, 1.165) is 11.3 Å². The third-order valence-electron chi connectivity index (χ3n) is 3.44. The highest BCUT2D eigenvalue weighted by molar-refractivity contribution is 5.36. The van der Waals surface area contributed by atoms with E-state index in [1.54, 1.807) is 12.3 Å². The maximum Gasteiger partial charge on any atom is 0.267 e. The molecule has 4 heteroatoms. The van der Waals surface area contributed by atoms with Crippen LogP contribution in [0.4, 0.5) is 0 Å². The van der Waals surface area contributed by atoms with Crippen molar-refractivity contribution in [2.75, 3.05) is 6.61 Å². The summed E-state index contributed by atoms with van der Waals surface area (Å²) >= 11 is 0. The zero-order valence-electron chi connectivity index (χ0n) is 13.1. The van der Waals surface area contributed by atoms with E-state index in [0.29, 0.717) is 19.1 Å². The van der Waals surface area contributed by atoms with Crippen molar-refractivity contribution in [1.29, 1.82) is 0 Å². The van der Waals surface area contributed by atoms with E-state index in [2.05, 4.69) is 31.9 Å². The van der Waals surface area contributed by atoms with Gasteiger partial charge in [-0.2, -0.15) is 5.10 Å². The molecule has 0 N–H and O–H groups in total. The molecule has 0 bridgehead atoms. The summed E-state index contributed by atoms with van der Waals surface area (Å²) < 4.78 is 7.13. The van der Waals surface area contributed by atoms with E-state index in [9.17, 15) is 4.79 Å². The molecule has 0 saturated heterocycles. The fourth-order valence-corrected chi connectivity index (χ4v) is 2.33. The number of rotatable bonds is 5. The number of ether oxygens (including phenoxy) is 1. The fraction of sp³-hybridized carbons (Fsp3) is 0.412. The highest BCUT2D eigenvalue weighted by Crippen LogP contribution is 2.23. The lowest BCUT2D eigenvalue weighted by molar-refractivity contribution is 0.287. The van der Waals surface area contributed by atoms with Crippen LogP contribution in [0.3, 0.4) is 0 Å². The Hall–Kier alpha value is -2.10. The van der Waals surface area contributed by atoms with Crippen molar-refractivity contribution in [2.24, 2.45) is 0 Å². The second-order valence-corrected chi connectivity index (χ2v) is 5.62. The zero-order chi connectivity index (χ0) is 15.4. The Morgan fingerprint density at radius 1 is 1.24 bits per heavy atom. The summed E-state index contributed by atoms with van der Waals surface area (Å²) in [6.45, 7) is 9.18. The van der Waals surface area contributed by atoms with Gasteiger partial charge in [-0.05, 0) is 48.6 Å². The quantitative estimate of drug-likeness (QED) is 0.848. The molecule has 1 heterocycles. The smallest absolute Gasteiger partial charge is 0.267 e. The van der Waals surface area contributed by atoms with Crippen molar-refractivity contribution in [2.45, 2.75) is 40.2 Å². The second-order valence-electron chi connectivity index (χ2n) is 5.62. The van der Waals surface area contributed by atoms with Crippen molar-refractivity contribution in [1.82, 2.24) is 9.78 Å². The molecule has 0 atom stereocenters. The summed E-state index contributed by atoms with van der Waals surface area (Å²) in [5.41, 5.74) is 3.34. The van der Waals surface area contributed by atoms with Crippen LogP contribution in [-0.2, 0) is 6.54 Å². The Morgan fingerprint density at radius 3 is 2.62 bits per heavy atom. The Kier molecular flexibility index (Phi) is 4.78. The van der Waals surface area contributed by atoms with Crippen molar-refractivity contribution in [3.63, 3.8) is 0 Å². The van der Waals surface area contributed by atoms with Crippen LogP contribution < -0.4 is 10.3 Å². The van der Waals surface area contributed by atoms with Gasteiger partial charge in [0.1, 0.15) is 12.4 Å². The number of aryl methyl sites for hydroxylation is 2. The first-order valence-electron chi connectivity index (χ1n) is 7.24. The first-order chi connectivity index (χ1) is 9.97. The van der Waals surface area contributed by atoms with Gasteiger partial charge in [-0.25, -0.2) is 4.68 Å². The molecule has 0 aliphatic heterocycles. The Labute approximate surface area is 125 Å².